The zero-order valence-electron chi connectivity index (χ0n) is 53.8. The molecule has 14 aromatic carbocycles. The van der Waals surface area contributed by atoms with Crippen LogP contribution in [0.15, 0.2) is 283 Å². The number of hydrogen-bond acceptors (Lipinski definition) is 4. The minimum Gasteiger partial charge on any atom is -0.478 e. The average Bonchev–Trinajstić information content (AvgIpc) is 1.58. The van der Waals surface area contributed by atoms with Crippen LogP contribution in [-0.4, -0.2) is 18.3 Å². The Morgan fingerprint density at radius 1 is 0.284 bits per heavy atom. The molecule has 0 bridgehead atoms. The van der Waals surface area contributed by atoms with Crippen LogP contribution in [0, 0.1) is 49.0 Å². The second-order valence-electron chi connectivity index (χ2n) is 25.2. The third kappa shape index (κ3) is 8.73. The summed E-state index contributed by atoms with van der Waals surface area (Å²) in [6.45, 7) is 32.1. The molecule has 0 unspecified atom stereocenters. The molecule has 12 heteroatoms. The smallest absolute Gasteiger partial charge is 0.239 e. The maximum Gasteiger partial charge on any atom is 0.239 e. The largest absolute Gasteiger partial charge is 0.478 e. The van der Waals surface area contributed by atoms with Crippen molar-refractivity contribution < 1.29 is 4.42 Å². The highest BCUT2D eigenvalue weighted by Gasteiger charge is 2.26. The van der Waals surface area contributed by atoms with Gasteiger partial charge in [-0.3, -0.25) is 0 Å². The Bertz CT molecular complexity index is 6930. The van der Waals surface area contributed by atoms with Gasteiger partial charge in [-0.2, -0.15) is 21.9 Å². The number of nitriles is 2. The van der Waals surface area contributed by atoms with E-state index in [9.17, 15) is 10.5 Å². The molecule has 0 radical (unpaired) electrons. The lowest BCUT2D eigenvalue weighted by atomic mass is 10.0. The van der Waals surface area contributed by atoms with Crippen molar-refractivity contribution in [1.82, 2.24) is 18.3 Å². The summed E-state index contributed by atoms with van der Waals surface area (Å²) in [5.41, 5.74) is 20.9. The number of para-hydroxylation sites is 5. The number of rotatable bonds is 6. The fraction of sp³-hybridized carbons (Fsp3) is 0. The van der Waals surface area contributed by atoms with Gasteiger partial charge in [0.15, 0.2) is 0 Å². The van der Waals surface area contributed by atoms with Gasteiger partial charge in [-0.15, -0.1) is 0 Å². The van der Waals surface area contributed by atoms with Crippen molar-refractivity contribution in [3.8, 4) is 57.1 Å². The van der Waals surface area contributed by atoms with Crippen LogP contribution in [-0.2, 0) is 0 Å². The van der Waals surface area contributed by atoms with E-state index in [0.717, 1.165) is 163 Å². The van der Waals surface area contributed by atoms with E-state index in [1.54, 1.807) is 17.4 Å². The van der Waals surface area contributed by atoms with Gasteiger partial charge in [-0.1, -0.05) is 158 Å². The molecule has 0 saturated carbocycles. The lowest BCUT2D eigenvalue weighted by Gasteiger charge is -2.13. The molecule has 0 N–H and O–H groups in total. The van der Waals surface area contributed by atoms with Gasteiger partial charge in [0, 0.05) is 86.3 Å². The first-order valence-corrected chi connectivity index (χ1v) is 33.8. The molecule has 0 spiro atoms. The Morgan fingerprint density at radius 2 is 0.667 bits per heavy atom. The van der Waals surface area contributed by atoms with Crippen LogP contribution < -0.4 is 0 Å². The maximum absolute atomic E-state index is 9.61. The Labute approximate surface area is 586 Å². The quantitative estimate of drug-likeness (QED) is 0.155. The number of nitrogens with zero attached hydrogens (tertiary/aromatic N) is 10. The van der Waals surface area contributed by atoms with Crippen molar-refractivity contribution in [2.24, 2.45) is 0 Å². The molecule has 0 atom stereocenters. The third-order valence-corrected chi connectivity index (χ3v) is 21.2. The van der Waals surface area contributed by atoms with Crippen LogP contribution in [0.25, 0.3) is 194 Å². The number of thiophene rings is 1. The number of furan rings is 1. The molecule has 0 aliphatic heterocycles. The molecule has 0 amide bonds. The van der Waals surface area contributed by atoms with E-state index < -0.39 is 0 Å². The number of aromatic nitrogens is 4. The highest BCUT2D eigenvalue weighted by Crippen LogP contribution is 2.51. The van der Waals surface area contributed by atoms with E-state index >= 15 is 0 Å². The molecule has 468 valence electrons. The molecule has 0 aliphatic carbocycles. The molecule has 6 heterocycles. The summed E-state index contributed by atoms with van der Waals surface area (Å²) < 4.78 is 17.2. The molecular weight excluding hydrogens is 1270 g/mol. The van der Waals surface area contributed by atoms with Crippen molar-refractivity contribution in [1.29, 1.82) is 10.5 Å². The van der Waals surface area contributed by atoms with E-state index in [2.05, 4.69) is 220 Å². The van der Waals surface area contributed by atoms with E-state index in [1.807, 2.05) is 103 Å². The number of fused-ring (bicyclic) bond motifs is 18. The summed E-state index contributed by atoms with van der Waals surface area (Å²) in [7, 11) is 0. The average molecular weight is 1320 g/mol. The summed E-state index contributed by atoms with van der Waals surface area (Å²) in [5.74, 6) is 0. The molecule has 11 nitrogen and oxygen atoms in total. The molecule has 6 aromatic heterocycles. The summed E-state index contributed by atoms with van der Waals surface area (Å²) in [6.07, 6.45) is 0. The number of hydrogen-bond donors (Lipinski definition) is 0. The van der Waals surface area contributed by atoms with Crippen LogP contribution in [0.1, 0.15) is 11.1 Å². The third-order valence-electron chi connectivity index (χ3n) is 19.9. The first-order chi connectivity index (χ1) is 50.3. The van der Waals surface area contributed by atoms with Gasteiger partial charge >= 0.3 is 0 Å². The lowest BCUT2D eigenvalue weighted by molar-refractivity contribution is 0.673. The first kappa shape index (κ1) is 58.6. The van der Waals surface area contributed by atoms with Crippen LogP contribution in [0.4, 0.5) is 22.7 Å². The van der Waals surface area contributed by atoms with Crippen molar-refractivity contribution in [2.45, 2.75) is 0 Å². The number of benzene rings is 14. The zero-order chi connectivity index (χ0) is 68.4. The topological polar surface area (TPSA) is 97.9 Å². The predicted molar refractivity (Wildman–Crippen MR) is 416 cm³/mol. The van der Waals surface area contributed by atoms with Gasteiger partial charge in [-0.05, 0) is 165 Å². The second-order valence-corrected chi connectivity index (χ2v) is 26.3. The Hall–Kier alpha value is -14.8. The predicted octanol–water partition coefficient (Wildman–Crippen LogP) is 25.3. The van der Waals surface area contributed by atoms with E-state index in [1.165, 1.54) is 0 Å². The summed E-state index contributed by atoms with van der Waals surface area (Å²) >= 11 is 1.54. The van der Waals surface area contributed by atoms with Crippen molar-refractivity contribution in [3.05, 3.63) is 336 Å². The van der Waals surface area contributed by atoms with Gasteiger partial charge in [0.2, 0.25) is 22.7 Å². The van der Waals surface area contributed by atoms with Gasteiger partial charge in [0.25, 0.3) is 0 Å². The highest BCUT2D eigenvalue weighted by molar-refractivity contribution is 7.27. The normalized spacial score (nSPS) is 11.5. The van der Waals surface area contributed by atoms with Crippen molar-refractivity contribution in [3.63, 3.8) is 0 Å². The minimum atomic E-state index is 0.430. The van der Waals surface area contributed by atoms with Crippen LogP contribution in [0.5, 0.6) is 0 Å². The van der Waals surface area contributed by atoms with Gasteiger partial charge in [0.1, 0.15) is 11.2 Å². The summed E-state index contributed by atoms with van der Waals surface area (Å²) in [6, 6.07) is 99.4. The Morgan fingerprint density at radius 3 is 1.13 bits per heavy atom. The molecule has 20 aromatic rings. The van der Waals surface area contributed by atoms with E-state index in [4.69, 9.17) is 30.7 Å². The van der Waals surface area contributed by atoms with Gasteiger partial charge in [-0.25, -0.2) is 19.4 Å². The van der Waals surface area contributed by atoms with Gasteiger partial charge in [0.05, 0.1) is 82.7 Å². The van der Waals surface area contributed by atoms with Crippen LogP contribution in [0.3, 0.4) is 0 Å². The Kier molecular flexibility index (Phi) is 13.2. The van der Waals surface area contributed by atoms with E-state index in [0.29, 0.717) is 45.0 Å². The summed E-state index contributed by atoms with van der Waals surface area (Å²) in [4.78, 5) is 15.6. The first-order valence-electron chi connectivity index (χ1n) is 32.9. The SMILES string of the molecule is [C-]#[N+]c1cccc2c1oc1c([N+]#[C-])c3c4ccccc4n(-c4cccc(-c5cccc(-n6c7ccccc7c7cc(C#N)ccc76)c5)c4)c3cc12.[C-]#[N+]c1cccc2c1sc1c([N+]#[C-])c3c4ccccc4n(-c4cccc(-c5cccc(-n6c7ccccc7c7cc(C#N)ccc76)c5)c4)c3cc12. The Balaban J connectivity index is 0.000000141. The highest BCUT2D eigenvalue weighted by atomic mass is 32.1. The minimum absolute atomic E-state index is 0.430. The maximum atomic E-state index is 9.61. The van der Waals surface area contributed by atoms with Crippen LogP contribution in [0.2, 0.25) is 0 Å². The van der Waals surface area contributed by atoms with Crippen molar-refractivity contribution >= 4 is 163 Å². The molecule has 0 saturated heterocycles. The zero-order valence-corrected chi connectivity index (χ0v) is 54.7. The standard InChI is InChI=1S/C45H23N5O.C45H23N5S/c2*1-47-37-17-9-16-33-36-25-41-42(43(48-2)45(36)51-44(33)37)34-15-4-6-19-39(34)50(41)31-13-8-11-29(24-31)28-10-7-12-30(23-28)49-38-18-5-3-14-32(38)35-22-27(26-46)20-21-40(35)49/h2*3-25H. The van der Waals surface area contributed by atoms with Crippen molar-refractivity contribution in [2.75, 3.05) is 0 Å². The molecular formula is C90H46N10OS. The molecule has 20 rings (SSSR count). The monoisotopic (exact) mass is 1310 g/mol. The van der Waals surface area contributed by atoms with E-state index in [-0.39, 0.29) is 0 Å². The molecule has 102 heavy (non-hydrogen) atoms. The second kappa shape index (κ2) is 22.9. The lowest BCUT2D eigenvalue weighted by Crippen LogP contribution is -1.96. The summed E-state index contributed by atoms with van der Waals surface area (Å²) in [5, 5.41) is 30.9. The fourth-order valence-corrected chi connectivity index (χ4v) is 16.8. The molecule has 0 fully saturated rings. The van der Waals surface area contributed by atoms with Crippen LogP contribution >= 0.6 is 11.3 Å². The van der Waals surface area contributed by atoms with Gasteiger partial charge < -0.3 is 22.7 Å². The fourth-order valence-electron chi connectivity index (χ4n) is 15.6. The molecule has 0 aliphatic rings.